The van der Waals surface area contributed by atoms with Crippen LogP contribution < -0.4 is 41.7 Å². The molecular weight excluding hydrogens is 648 g/mol. The maximum atomic E-state index is 10.8. The first-order valence-corrected chi connectivity index (χ1v) is 15.0. The largest absolute Gasteiger partial charge is 0.366 e. The van der Waals surface area contributed by atoms with Crippen molar-refractivity contribution >= 4 is 35.5 Å². The fourth-order valence-corrected chi connectivity index (χ4v) is 3.32. The van der Waals surface area contributed by atoms with Crippen molar-refractivity contribution in [1.82, 2.24) is 54.9 Å². The Kier molecular flexibility index (Phi) is 18.1. The Morgan fingerprint density at radius 1 is 0.740 bits per heavy atom. The highest BCUT2D eigenvalue weighted by Crippen LogP contribution is 2.00. The number of hydrogen-bond acceptors (Lipinski definition) is 15. The molecule has 0 radical (unpaired) electrons. The summed E-state index contributed by atoms with van der Waals surface area (Å²) >= 11 is 0. The third kappa shape index (κ3) is 16.6. The number of urea groups is 1. The van der Waals surface area contributed by atoms with Gasteiger partial charge >= 0.3 is 11.7 Å². The van der Waals surface area contributed by atoms with Crippen LogP contribution in [0.15, 0.2) is 68.6 Å². The predicted octanol–water partition coefficient (Wildman–Crippen LogP) is -0.484. The lowest BCUT2D eigenvalue weighted by atomic mass is 10.3. The average Bonchev–Trinajstić information content (AvgIpc) is 3.07. The molecule has 5 heterocycles. The van der Waals surface area contributed by atoms with Gasteiger partial charge in [-0.05, 0) is 6.07 Å². The molecule has 0 atom stereocenters. The number of aryl methyl sites for hydroxylation is 1. The topological polar surface area (TPSA) is 223 Å². The van der Waals surface area contributed by atoms with Gasteiger partial charge in [-0.1, -0.05) is 0 Å². The minimum Gasteiger partial charge on any atom is -0.366 e. The molecule has 4 aromatic rings. The Hall–Kier alpha value is -6.21. The lowest BCUT2D eigenvalue weighted by molar-refractivity contribution is 0.248. The van der Waals surface area contributed by atoms with Crippen LogP contribution in [-0.2, 0) is 7.05 Å². The summed E-state index contributed by atoms with van der Waals surface area (Å²) < 4.78 is 1.79. The Balaban J connectivity index is 0.000000313. The molecule has 50 heavy (non-hydrogen) atoms. The van der Waals surface area contributed by atoms with Gasteiger partial charge in [0.25, 0.3) is 11.1 Å². The third-order valence-electron chi connectivity index (χ3n) is 5.79. The van der Waals surface area contributed by atoms with Crippen molar-refractivity contribution in [2.24, 2.45) is 12.0 Å². The van der Waals surface area contributed by atoms with Crippen LogP contribution in [0.5, 0.6) is 0 Å². The molecule has 3 N–H and O–H groups in total. The molecule has 4 aromatic heterocycles. The highest BCUT2D eigenvalue weighted by molar-refractivity contribution is 5.95. The summed E-state index contributed by atoms with van der Waals surface area (Å²) in [6.45, 7) is 0.704. The molecule has 2 amide bonds. The van der Waals surface area contributed by atoms with Crippen molar-refractivity contribution in [2.45, 2.75) is 6.42 Å². The molecule has 0 saturated heterocycles. The monoisotopic (exact) mass is 696 g/mol. The predicted molar refractivity (Wildman–Crippen MR) is 195 cm³/mol. The minimum atomic E-state index is -0.425. The number of amides is 2. The maximum absolute atomic E-state index is 10.8. The number of rotatable bonds is 4. The second-order valence-corrected chi connectivity index (χ2v) is 11.1. The van der Waals surface area contributed by atoms with Crippen LogP contribution in [0.3, 0.4) is 0 Å². The number of H-pyrrole nitrogens is 2. The van der Waals surface area contributed by atoms with Crippen LogP contribution in [0.4, 0.5) is 28.5 Å². The summed E-state index contributed by atoms with van der Waals surface area (Å²) in [5.74, 6) is 3.40. The van der Waals surface area contributed by atoms with Gasteiger partial charge in [0.05, 0.1) is 6.20 Å². The normalized spacial score (nSPS) is 11.1. The summed E-state index contributed by atoms with van der Waals surface area (Å²) in [6, 6.07) is 4.39. The van der Waals surface area contributed by atoms with Crippen molar-refractivity contribution < 1.29 is 4.79 Å². The van der Waals surface area contributed by atoms with E-state index in [2.05, 4.69) is 50.4 Å². The fraction of sp³-hybridized carbons (Fsp3) is 0.433. The van der Waals surface area contributed by atoms with Gasteiger partial charge in [0.2, 0.25) is 17.8 Å². The Morgan fingerprint density at radius 2 is 1.40 bits per heavy atom. The van der Waals surface area contributed by atoms with Gasteiger partial charge in [-0.3, -0.25) is 14.6 Å². The molecule has 20 heteroatoms. The number of carbonyl (C=O) groups excluding carboxylic acids is 1. The van der Waals surface area contributed by atoms with Crippen molar-refractivity contribution in [1.29, 1.82) is 0 Å². The summed E-state index contributed by atoms with van der Waals surface area (Å²) in [4.78, 5) is 77.3. The summed E-state index contributed by atoms with van der Waals surface area (Å²) in [7, 11) is 20.4. The molecule has 1 aliphatic heterocycles. The van der Waals surface area contributed by atoms with E-state index in [9.17, 15) is 19.2 Å². The van der Waals surface area contributed by atoms with Gasteiger partial charge in [0, 0.05) is 127 Å². The maximum Gasteiger partial charge on any atom is 0.363 e. The van der Waals surface area contributed by atoms with Crippen molar-refractivity contribution in [3.8, 4) is 0 Å². The van der Waals surface area contributed by atoms with E-state index >= 15 is 0 Å². The number of nitrogens with one attached hydrogen (secondary N) is 3. The quantitative estimate of drug-likeness (QED) is 0.245. The number of aromatic nitrogens is 9. The Labute approximate surface area is 290 Å². The van der Waals surface area contributed by atoms with Crippen molar-refractivity contribution in [3.63, 3.8) is 0 Å². The van der Waals surface area contributed by atoms with E-state index in [1.807, 2.05) is 73.2 Å². The highest BCUT2D eigenvalue weighted by Gasteiger charge is 2.10. The first kappa shape index (κ1) is 41.8. The van der Waals surface area contributed by atoms with Gasteiger partial charge in [-0.25, -0.2) is 29.6 Å². The number of anilines is 4. The molecule has 272 valence electrons. The number of amidine groups is 1. The number of aliphatic imine (C=N–C) groups is 1. The van der Waals surface area contributed by atoms with E-state index in [0.717, 1.165) is 18.2 Å². The molecule has 20 nitrogen and oxygen atoms in total. The molecule has 1 aliphatic rings. The van der Waals surface area contributed by atoms with Crippen LogP contribution in [0.2, 0.25) is 0 Å². The molecular formula is C30H48N16O4. The van der Waals surface area contributed by atoms with Gasteiger partial charge in [0.1, 0.15) is 5.84 Å². The lowest BCUT2D eigenvalue weighted by Gasteiger charge is -2.18. The molecule has 0 aliphatic carbocycles. The van der Waals surface area contributed by atoms with E-state index < -0.39 is 5.69 Å². The SMILES string of the molecule is CN(C)C1=NC(=O)NCC1.CN(C)c1cn[nH]c(=O)n1.CN(C)c1nc(=O)ccn1C.CN(C)c1nccc(=O)[nH]1.CN(C)c1ncccn1. The standard InChI is InChI=1S/C7H11N3O.C6H9N3O.C6H11N3O.C6H9N3.C5H8N4O/c1-9(2)7-8-6(11)4-5-10(7)3;1-9(2)6-7-4-3-5(10)8-6;1-9(2)5-3-4-7-6(10)8-5;1-9(2)6-7-4-3-5-8-6;1-9(2)4-3-6-8-5(10)7-4/h4-5H,1-3H3;3-4H,1-2H3,(H,7,8,10);3-4H2,1-2H3,(H,7,10);3-5H,1-2H3;3H,1-2H3,(H,7,8,10). The molecule has 0 spiro atoms. The summed E-state index contributed by atoms with van der Waals surface area (Å²) in [5.41, 5.74) is -0.753. The lowest BCUT2D eigenvalue weighted by Crippen LogP contribution is -2.35. The fourth-order valence-electron chi connectivity index (χ4n) is 3.32. The van der Waals surface area contributed by atoms with E-state index in [1.54, 1.807) is 58.0 Å². The van der Waals surface area contributed by atoms with Gasteiger partial charge in [0.15, 0.2) is 5.82 Å². The number of nitrogens with zero attached hydrogens (tertiary/aromatic N) is 13. The van der Waals surface area contributed by atoms with E-state index in [-0.39, 0.29) is 17.1 Å². The van der Waals surface area contributed by atoms with Gasteiger partial charge in [-0.15, -0.1) is 0 Å². The summed E-state index contributed by atoms with van der Waals surface area (Å²) in [5, 5.41) is 8.36. The zero-order chi connectivity index (χ0) is 37.8. The van der Waals surface area contributed by atoms with Crippen LogP contribution in [0, 0.1) is 0 Å². The molecule has 0 fully saturated rings. The van der Waals surface area contributed by atoms with Crippen LogP contribution in [0.25, 0.3) is 0 Å². The first-order chi connectivity index (χ1) is 23.5. The van der Waals surface area contributed by atoms with E-state index in [1.165, 1.54) is 24.5 Å². The van der Waals surface area contributed by atoms with Gasteiger partial charge < -0.3 is 34.4 Å². The zero-order valence-corrected chi connectivity index (χ0v) is 30.5. The Morgan fingerprint density at radius 3 is 1.80 bits per heavy atom. The number of aromatic amines is 2. The van der Waals surface area contributed by atoms with Crippen LogP contribution in [0.1, 0.15) is 6.42 Å². The molecule has 5 rings (SSSR count). The molecule has 0 unspecified atom stereocenters. The van der Waals surface area contributed by atoms with E-state index in [4.69, 9.17) is 0 Å². The second kappa shape index (κ2) is 21.6. The third-order valence-corrected chi connectivity index (χ3v) is 5.79. The summed E-state index contributed by atoms with van der Waals surface area (Å²) in [6.07, 6.45) is 8.95. The van der Waals surface area contributed by atoms with Crippen molar-refractivity contribution in [3.05, 3.63) is 80.4 Å². The molecule has 0 bridgehead atoms. The van der Waals surface area contributed by atoms with Crippen molar-refractivity contribution in [2.75, 3.05) is 96.6 Å². The number of hydrogen-bond donors (Lipinski definition) is 3. The minimum absolute atomic E-state index is 0.126. The molecule has 0 aromatic carbocycles. The smallest absolute Gasteiger partial charge is 0.363 e. The average molecular weight is 697 g/mol. The molecule has 0 saturated carbocycles. The number of carbonyl (C=O) groups is 1. The van der Waals surface area contributed by atoms with Crippen LogP contribution in [-0.4, -0.2) is 138 Å². The first-order valence-electron chi connectivity index (χ1n) is 15.0. The second-order valence-electron chi connectivity index (χ2n) is 11.1. The zero-order valence-electron chi connectivity index (χ0n) is 30.5. The van der Waals surface area contributed by atoms with Gasteiger partial charge in [-0.2, -0.15) is 20.1 Å². The van der Waals surface area contributed by atoms with E-state index in [0.29, 0.717) is 24.3 Å². The highest BCUT2D eigenvalue weighted by atomic mass is 16.2. The Bertz CT molecular complexity index is 1730. The van der Waals surface area contributed by atoms with Crippen LogP contribution >= 0.6 is 0 Å².